The Balaban J connectivity index is 1.53. The summed E-state index contributed by atoms with van der Waals surface area (Å²) in [7, 11) is 0. The highest BCUT2D eigenvalue weighted by Gasteiger charge is 2.48. The van der Waals surface area contributed by atoms with Crippen LogP contribution < -0.4 is 10.6 Å². The normalized spacial score (nSPS) is 33.1. The van der Waals surface area contributed by atoms with Gasteiger partial charge in [0.25, 0.3) is 0 Å². The third-order valence-electron chi connectivity index (χ3n) is 5.96. The Morgan fingerprint density at radius 2 is 2.17 bits per heavy atom. The summed E-state index contributed by atoms with van der Waals surface area (Å²) in [5.74, 6) is 0.698. The second-order valence-corrected chi connectivity index (χ2v) is 7.71. The van der Waals surface area contributed by atoms with Crippen molar-refractivity contribution in [2.45, 2.75) is 77.5 Å². The molecule has 2 aliphatic rings. The van der Waals surface area contributed by atoms with Crippen LogP contribution in [0.5, 0.6) is 0 Å². The van der Waals surface area contributed by atoms with Gasteiger partial charge in [0.1, 0.15) is 5.76 Å². The average molecular weight is 335 g/mol. The molecule has 6 nitrogen and oxygen atoms in total. The monoisotopic (exact) mass is 335 g/mol. The molecule has 0 spiro atoms. The molecule has 134 valence electrons. The van der Waals surface area contributed by atoms with E-state index in [0.29, 0.717) is 24.8 Å². The average Bonchev–Trinajstić information content (AvgIpc) is 3.00. The van der Waals surface area contributed by atoms with E-state index in [9.17, 15) is 9.90 Å². The van der Waals surface area contributed by atoms with Crippen LogP contribution in [0.15, 0.2) is 4.52 Å². The van der Waals surface area contributed by atoms with E-state index < -0.39 is 0 Å². The number of hydrogen-bond donors (Lipinski definition) is 3. The first kappa shape index (κ1) is 17.4. The van der Waals surface area contributed by atoms with Gasteiger partial charge in [0, 0.05) is 29.6 Å². The van der Waals surface area contributed by atoms with Gasteiger partial charge in [-0.2, -0.15) is 0 Å². The smallest absolute Gasteiger partial charge is 0.224 e. The lowest BCUT2D eigenvalue weighted by molar-refractivity contribution is -0.120. The Bertz CT molecular complexity index is 581. The van der Waals surface area contributed by atoms with Crippen molar-refractivity contribution in [3.8, 4) is 0 Å². The number of aliphatic hydroxyl groups is 1. The zero-order valence-corrected chi connectivity index (χ0v) is 14.9. The Kier molecular flexibility index (Phi) is 4.97. The first-order valence-corrected chi connectivity index (χ1v) is 9.02. The molecule has 0 radical (unpaired) electrons. The fraction of sp³-hybridized carbons (Fsp3) is 0.778. The van der Waals surface area contributed by atoms with E-state index >= 15 is 0 Å². The standard InChI is InChI=1S/C18H29N3O3/c1-11-14(12(2)24-21-11)8-17(23)19-10-13-9-18(3)15(20-13)6-4-5-7-16(18)22/h13,15-16,20,22H,4-10H2,1-3H3,(H,19,23)/t13-,15-,16+,18-/m1/s1. The van der Waals surface area contributed by atoms with Gasteiger partial charge >= 0.3 is 0 Å². The number of aryl methyl sites for hydroxylation is 2. The maximum atomic E-state index is 12.2. The summed E-state index contributed by atoms with van der Waals surface area (Å²) in [6.07, 6.45) is 5.22. The molecule has 24 heavy (non-hydrogen) atoms. The van der Waals surface area contributed by atoms with Crippen molar-refractivity contribution in [1.29, 1.82) is 0 Å². The summed E-state index contributed by atoms with van der Waals surface area (Å²) >= 11 is 0. The molecule has 2 heterocycles. The van der Waals surface area contributed by atoms with Gasteiger partial charge in [0.05, 0.1) is 18.2 Å². The summed E-state index contributed by atoms with van der Waals surface area (Å²) in [6, 6.07) is 0.570. The van der Waals surface area contributed by atoms with Crippen LogP contribution in [0.1, 0.15) is 56.0 Å². The maximum Gasteiger partial charge on any atom is 0.224 e. The molecule has 3 N–H and O–H groups in total. The van der Waals surface area contributed by atoms with Gasteiger partial charge in [-0.25, -0.2) is 0 Å². The van der Waals surface area contributed by atoms with Crippen LogP contribution in [0.4, 0.5) is 0 Å². The van der Waals surface area contributed by atoms with Crippen molar-refractivity contribution in [2.24, 2.45) is 5.41 Å². The van der Waals surface area contributed by atoms with E-state index in [1.54, 1.807) is 0 Å². The number of carbonyl (C=O) groups is 1. The third kappa shape index (κ3) is 3.35. The van der Waals surface area contributed by atoms with Crippen molar-refractivity contribution >= 4 is 5.91 Å². The molecule has 0 unspecified atom stereocenters. The van der Waals surface area contributed by atoms with Crippen LogP contribution in [-0.2, 0) is 11.2 Å². The lowest BCUT2D eigenvalue weighted by atomic mass is 9.75. The highest BCUT2D eigenvalue weighted by molar-refractivity contribution is 5.79. The topological polar surface area (TPSA) is 87.4 Å². The predicted molar refractivity (Wildman–Crippen MR) is 90.6 cm³/mol. The quantitative estimate of drug-likeness (QED) is 0.778. The lowest BCUT2D eigenvalue weighted by Crippen LogP contribution is -2.43. The molecule has 0 bridgehead atoms. The van der Waals surface area contributed by atoms with Crippen molar-refractivity contribution < 1.29 is 14.4 Å². The molecule has 1 aromatic rings. The van der Waals surface area contributed by atoms with Gasteiger partial charge in [-0.1, -0.05) is 24.9 Å². The van der Waals surface area contributed by atoms with E-state index in [-0.39, 0.29) is 23.5 Å². The Labute approximate surface area is 143 Å². The first-order chi connectivity index (χ1) is 11.4. The summed E-state index contributed by atoms with van der Waals surface area (Å²) in [4.78, 5) is 12.2. The molecule has 1 aromatic heterocycles. The predicted octanol–water partition coefficient (Wildman–Crippen LogP) is 1.62. The number of carbonyl (C=O) groups excluding carboxylic acids is 1. The largest absolute Gasteiger partial charge is 0.392 e. The molecule has 1 aliphatic carbocycles. The number of amides is 1. The Morgan fingerprint density at radius 1 is 1.42 bits per heavy atom. The highest BCUT2D eigenvalue weighted by Crippen LogP contribution is 2.43. The van der Waals surface area contributed by atoms with E-state index in [0.717, 1.165) is 43.4 Å². The molecule has 4 atom stereocenters. The van der Waals surface area contributed by atoms with Crippen LogP contribution in [0, 0.1) is 19.3 Å². The van der Waals surface area contributed by atoms with Crippen molar-refractivity contribution in [3.63, 3.8) is 0 Å². The van der Waals surface area contributed by atoms with Crippen LogP contribution >= 0.6 is 0 Å². The fourth-order valence-electron chi connectivity index (χ4n) is 4.35. The number of rotatable bonds is 4. The molecule has 6 heteroatoms. The molecule has 1 saturated heterocycles. The number of aromatic nitrogens is 1. The number of aliphatic hydroxyl groups excluding tert-OH is 1. The molecule has 1 saturated carbocycles. The second kappa shape index (κ2) is 6.84. The van der Waals surface area contributed by atoms with E-state index in [1.807, 2.05) is 13.8 Å². The van der Waals surface area contributed by atoms with Gasteiger partial charge in [-0.05, 0) is 33.1 Å². The number of nitrogens with zero attached hydrogens (tertiary/aromatic N) is 1. The summed E-state index contributed by atoms with van der Waals surface area (Å²) in [6.45, 7) is 6.47. The van der Waals surface area contributed by atoms with Gasteiger partial charge in [-0.15, -0.1) is 0 Å². The molecular weight excluding hydrogens is 306 g/mol. The maximum absolute atomic E-state index is 12.2. The van der Waals surface area contributed by atoms with Gasteiger partial charge < -0.3 is 20.3 Å². The SMILES string of the molecule is Cc1noc(C)c1CC(=O)NC[C@H]1C[C@@]2(C)[C@@H](O)CCCC[C@H]2N1. The second-order valence-electron chi connectivity index (χ2n) is 7.71. The fourth-order valence-corrected chi connectivity index (χ4v) is 4.35. The van der Waals surface area contributed by atoms with Gasteiger partial charge in [0.15, 0.2) is 0 Å². The zero-order chi connectivity index (χ0) is 17.3. The van der Waals surface area contributed by atoms with Crippen molar-refractivity contribution in [3.05, 3.63) is 17.0 Å². The van der Waals surface area contributed by atoms with Crippen LogP contribution in [-0.4, -0.2) is 40.9 Å². The van der Waals surface area contributed by atoms with Crippen LogP contribution in [0.25, 0.3) is 0 Å². The van der Waals surface area contributed by atoms with Crippen molar-refractivity contribution in [2.75, 3.05) is 6.54 Å². The van der Waals surface area contributed by atoms with E-state index in [1.165, 1.54) is 0 Å². The molecule has 1 amide bonds. The summed E-state index contributed by atoms with van der Waals surface area (Å²) in [5, 5.41) is 21.0. The molecular formula is C18H29N3O3. The zero-order valence-electron chi connectivity index (χ0n) is 14.9. The lowest BCUT2D eigenvalue weighted by Gasteiger charge is -2.33. The molecule has 2 fully saturated rings. The molecule has 3 rings (SSSR count). The van der Waals surface area contributed by atoms with Crippen LogP contribution in [0.3, 0.4) is 0 Å². The van der Waals surface area contributed by atoms with Gasteiger partial charge in [0.2, 0.25) is 5.91 Å². The summed E-state index contributed by atoms with van der Waals surface area (Å²) < 4.78 is 5.11. The number of nitrogens with one attached hydrogen (secondary N) is 2. The highest BCUT2D eigenvalue weighted by atomic mass is 16.5. The first-order valence-electron chi connectivity index (χ1n) is 9.02. The molecule has 1 aliphatic heterocycles. The minimum atomic E-state index is -0.250. The minimum Gasteiger partial charge on any atom is -0.392 e. The van der Waals surface area contributed by atoms with Crippen molar-refractivity contribution in [1.82, 2.24) is 15.8 Å². The summed E-state index contributed by atoms with van der Waals surface area (Å²) in [5.41, 5.74) is 1.58. The number of hydrogen-bond acceptors (Lipinski definition) is 5. The third-order valence-corrected chi connectivity index (χ3v) is 5.96. The Hall–Kier alpha value is -1.40. The van der Waals surface area contributed by atoms with Gasteiger partial charge in [-0.3, -0.25) is 4.79 Å². The van der Waals surface area contributed by atoms with E-state index in [4.69, 9.17) is 4.52 Å². The molecule has 0 aromatic carbocycles. The minimum absolute atomic E-state index is 0.0102. The van der Waals surface area contributed by atoms with E-state index in [2.05, 4.69) is 22.7 Å². The Morgan fingerprint density at radius 3 is 2.88 bits per heavy atom. The van der Waals surface area contributed by atoms with Crippen LogP contribution in [0.2, 0.25) is 0 Å². The number of fused-ring (bicyclic) bond motifs is 1.